The van der Waals surface area contributed by atoms with Crippen LogP contribution in [0.5, 0.6) is 0 Å². The van der Waals surface area contributed by atoms with E-state index in [9.17, 15) is 0 Å². The molecular weight excluding hydrogens is 118 g/mol. The van der Waals surface area contributed by atoms with Crippen molar-refractivity contribution in [1.29, 1.82) is 0 Å². The van der Waals surface area contributed by atoms with Gasteiger partial charge in [-0.2, -0.15) is 0 Å². The number of aliphatic hydroxyl groups excluding tert-OH is 2. The smallest absolute Gasteiger partial charge is 0.131 e. The van der Waals surface area contributed by atoms with E-state index in [0.717, 1.165) is 6.54 Å². The molecule has 9 heavy (non-hydrogen) atoms. The maximum absolute atomic E-state index is 9.04. The first-order chi connectivity index (χ1) is 4.20. The van der Waals surface area contributed by atoms with E-state index < -0.39 is 12.3 Å². The van der Waals surface area contributed by atoms with Crippen LogP contribution in [0.2, 0.25) is 0 Å². The van der Waals surface area contributed by atoms with Crippen LogP contribution in [0.15, 0.2) is 0 Å². The molecule has 1 fully saturated rings. The SMILES string of the molecule is CC1CNC(O)C(O)C1. The first-order valence-corrected chi connectivity index (χ1v) is 3.29. The van der Waals surface area contributed by atoms with E-state index >= 15 is 0 Å². The molecule has 0 radical (unpaired) electrons. The summed E-state index contributed by atoms with van der Waals surface area (Å²) in [6, 6.07) is 0. The summed E-state index contributed by atoms with van der Waals surface area (Å²) in [6.45, 7) is 2.85. The molecule has 3 unspecified atom stereocenters. The lowest BCUT2D eigenvalue weighted by Gasteiger charge is -2.28. The van der Waals surface area contributed by atoms with Gasteiger partial charge in [0.15, 0.2) is 0 Å². The summed E-state index contributed by atoms with van der Waals surface area (Å²) in [5.74, 6) is 0.475. The molecule has 3 nitrogen and oxygen atoms in total. The average Bonchev–Trinajstić information content (AvgIpc) is 1.80. The Morgan fingerprint density at radius 3 is 2.56 bits per heavy atom. The number of hydrogen-bond acceptors (Lipinski definition) is 3. The molecule has 0 amide bonds. The molecule has 0 aliphatic carbocycles. The first kappa shape index (κ1) is 6.99. The minimum atomic E-state index is -0.707. The van der Waals surface area contributed by atoms with Gasteiger partial charge in [0.1, 0.15) is 6.23 Å². The zero-order valence-corrected chi connectivity index (χ0v) is 5.54. The maximum atomic E-state index is 9.04. The largest absolute Gasteiger partial charge is 0.389 e. The van der Waals surface area contributed by atoms with E-state index in [1.807, 2.05) is 6.92 Å². The molecule has 0 bridgehead atoms. The van der Waals surface area contributed by atoms with Gasteiger partial charge in [0, 0.05) is 6.54 Å². The number of rotatable bonds is 0. The normalized spacial score (nSPS) is 45.0. The number of aliphatic hydroxyl groups is 2. The molecule has 0 aromatic rings. The molecule has 3 N–H and O–H groups in total. The van der Waals surface area contributed by atoms with E-state index in [1.54, 1.807) is 0 Å². The van der Waals surface area contributed by atoms with Gasteiger partial charge in [-0.3, -0.25) is 5.32 Å². The Bertz CT molecular complexity index is 97.1. The van der Waals surface area contributed by atoms with E-state index in [0.29, 0.717) is 12.3 Å². The second-order valence-corrected chi connectivity index (χ2v) is 2.76. The highest BCUT2D eigenvalue weighted by Gasteiger charge is 2.23. The number of piperidine rings is 1. The van der Waals surface area contributed by atoms with Gasteiger partial charge in [-0.15, -0.1) is 0 Å². The zero-order valence-electron chi connectivity index (χ0n) is 5.54. The summed E-state index contributed by atoms with van der Waals surface area (Å²) in [5.41, 5.74) is 0. The molecule has 1 rings (SSSR count). The van der Waals surface area contributed by atoms with Crippen LogP contribution in [0.4, 0.5) is 0 Å². The highest BCUT2D eigenvalue weighted by molar-refractivity contribution is 4.75. The summed E-state index contributed by atoms with van der Waals surface area (Å²) in [6.07, 6.45) is -0.580. The Balaban J connectivity index is 2.35. The lowest BCUT2D eigenvalue weighted by molar-refractivity contribution is -0.0356. The third-order valence-corrected chi connectivity index (χ3v) is 1.68. The quantitative estimate of drug-likeness (QED) is 0.407. The van der Waals surface area contributed by atoms with Gasteiger partial charge >= 0.3 is 0 Å². The van der Waals surface area contributed by atoms with E-state index in [2.05, 4.69) is 5.32 Å². The van der Waals surface area contributed by atoms with Crippen LogP contribution in [-0.4, -0.2) is 29.1 Å². The third-order valence-electron chi connectivity index (χ3n) is 1.68. The van der Waals surface area contributed by atoms with Crippen molar-refractivity contribution in [3.63, 3.8) is 0 Å². The predicted octanol–water partition coefficient (Wildman–Crippen LogP) is -0.705. The Kier molecular flexibility index (Phi) is 2.05. The minimum absolute atomic E-state index is 0.475. The van der Waals surface area contributed by atoms with Gasteiger partial charge in [0.05, 0.1) is 6.10 Å². The lowest BCUT2D eigenvalue weighted by Crippen LogP contribution is -2.47. The fraction of sp³-hybridized carbons (Fsp3) is 1.00. The van der Waals surface area contributed by atoms with Crippen molar-refractivity contribution < 1.29 is 10.2 Å². The summed E-state index contributed by atoms with van der Waals surface area (Å²) in [7, 11) is 0. The van der Waals surface area contributed by atoms with Gasteiger partial charge in [-0.05, 0) is 12.3 Å². The molecule has 1 aliphatic heterocycles. The topological polar surface area (TPSA) is 52.5 Å². The Hall–Kier alpha value is -0.120. The van der Waals surface area contributed by atoms with Crippen LogP contribution >= 0.6 is 0 Å². The van der Waals surface area contributed by atoms with Crippen molar-refractivity contribution in [1.82, 2.24) is 5.32 Å². The monoisotopic (exact) mass is 131 g/mol. The van der Waals surface area contributed by atoms with Gasteiger partial charge in [-0.25, -0.2) is 0 Å². The fourth-order valence-corrected chi connectivity index (χ4v) is 1.08. The predicted molar refractivity (Wildman–Crippen MR) is 33.8 cm³/mol. The van der Waals surface area contributed by atoms with Gasteiger partial charge in [0.25, 0.3) is 0 Å². The van der Waals surface area contributed by atoms with Crippen LogP contribution in [0.3, 0.4) is 0 Å². The van der Waals surface area contributed by atoms with Crippen LogP contribution in [0.1, 0.15) is 13.3 Å². The van der Waals surface area contributed by atoms with Gasteiger partial charge in [-0.1, -0.05) is 6.92 Å². The highest BCUT2D eigenvalue weighted by Crippen LogP contribution is 2.11. The molecule has 1 aliphatic rings. The molecule has 0 spiro atoms. The Morgan fingerprint density at radius 1 is 1.44 bits per heavy atom. The zero-order chi connectivity index (χ0) is 6.85. The lowest BCUT2D eigenvalue weighted by atomic mass is 9.99. The van der Waals surface area contributed by atoms with Crippen molar-refractivity contribution in [2.24, 2.45) is 5.92 Å². The second-order valence-electron chi connectivity index (χ2n) is 2.76. The van der Waals surface area contributed by atoms with Crippen LogP contribution in [-0.2, 0) is 0 Å². The van der Waals surface area contributed by atoms with Crippen LogP contribution in [0, 0.1) is 5.92 Å². The Morgan fingerprint density at radius 2 is 2.11 bits per heavy atom. The third kappa shape index (κ3) is 1.64. The molecular formula is C6H13NO2. The van der Waals surface area contributed by atoms with Crippen molar-refractivity contribution in [3.8, 4) is 0 Å². The van der Waals surface area contributed by atoms with E-state index in [-0.39, 0.29) is 0 Å². The molecule has 0 saturated carbocycles. The van der Waals surface area contributed by atoms with Crippen LogP contribution in [0.25, 0.3) is 0 Å². The maximum Gasteiger partial charge on any atom is 0.131 e. The van der Waals surface area contributed by atoms with Gasteiger partial charge < -0.3 is 10.2 Å². The molecule has 0 aromatic carbocycles. The molecule has 1 saturated heterocycles. The van der Waals surface area contributed by atoms with Crippen molar-refractivity contribution in [2.45, 2.75) is 25.7 Å². The summed E-state index contributed by atoms with van der Waals surface area (Å²) >= 11 is 0. The van der Waals surface area contributed by atoms with Crippen molar-refractivity contribution >= 4 is 0 Å². The second kappa shape index (κ2) is 2.64. The fourth-order valence-electron chi connectivity index (χ4n) is 1.08. The summed E-state index contributed by atoms with van der Waals surface area (Å²) in [5, 5.41) is 20.8. The standard InChI is InChI=1S/C6H13NO2/c1-4-2-5(8)6(9)7-3-4/h4-9H,2-3H2,1H3. The molecule has 1 heterocycles. The first-order valence-electron chi connectivity index (χ1n) is 3.29. The van der Waals surface area contributed by atoms with E-state index in [4.69, 9.17) is 10.2 Å². The highest BCUT2D eigenvalue weighted by atomic mass is 16.3. The van der Waals surface area contributed by atoms with E-state index in [1.165, 1.54) is 0 Å². The Labute approximate surface area is 54.7 Å². The number of hydrogen-bond donors (Lipinski definition) is 3. The van der Waals surface area contributed by atoms with Crippen molar-refractivity contribution in [3.05, 3.63) is 0 Å². The molecule has 0 aromatic heterocycles. The molecule has 3 atom stereocenters. The number of nitrogens with one attached hydrogen (secondary N) is 1. The molecule has 54 valence electrons. The minimum Gasteiger partial charge on any atom is -0.389 e. The summed E-state index contributed by atoms with van der Waals surface area (Å²) in [4.78, 5) is 0. The van der Waals surface area contributed by atoms with Gasteiger partial charge in [0.2, 0.25) is 0 Å². The van der Waals surface area contributed by atoms with Crippen LogP contribution < -0.4 is 5.32 Å². The summed E-state index contributed by atoms with van der Waals surface area (Å²) < 4.78 is 0. The average molecular weight is 131 g/mol. The molecule has 3 heteroatoms. The van der Waals surface area contributed by atoms with Crippen molar-refractivity contribution in [2.75, 3.05) is 6.54 Å².